The van der Waals surface area contributed by atoms with Gasteiger partial charge in [0, 0.05) is 12.4 Å². The van der Waals surface area contributed by atoms with E-state index in [-0.39, 0.29) is 5.91 Å². The van der Waals surface area contributed by atoms with Gasteiger partial charge in [-0.3, -0.25) is 9.78 Å². The lowest BCUT2D eigenvalue weighted by Gasteiger charge is -2.02. The van der Waals surface area contributed by atoms with Gasteiger partial charge in [-0.15, -0.1) is 0 Å². The molecule has 5 heteroatoms. The molecule has 0 aliphatic heterocycles. The fourth-order valence-corrected chi connectivity index (χ4v) is 1.54. The molecule has 1 heterocycles. The average molecular weight is 269 g/mol. The number of amides is 1. The Hall–Kier alpha value is -2.69. The average Bonchev–Trinajstić information content (AvgIpc) is 2.50. The maximum atomic E-state index is 11.7. The van der Waals surface area contributed by atoms with E-state index in [1.165, 1.54) is 6.20 Å². The third kappa shape index (κ3) is 3.91. The second-order valence-electron chi connectivity index (χ2n) is 3.94. The highest BCUT2D eigenvalue weighted by Crippen LogP contribution is 2.10. The first-order valence-electron chi connectivity index (χ1n) is 6.26. The first kappa shape index (κ1) is 13.7. The van der Waals surface area contributed by atoms with Crippen LogP contribution in [0, 0.1) is 0 Å². The molecule has 2 rings (SSSR count). The molecule has 0 saturated heterocycles. The van der Waals surface area contributed by atoms with E-state index in [0.29, 0.717) is 12.2 Å². The number of hydrogen-bond donors (Lipinski definition) is 1. The molecule has 0 radical (unpaired) electrons. The van der Waals surface area contributed by atoms with Crippen molar-refractivity contribution in [3.8, 4) is 5.75 Å². The van der Waals surface area contributed by atoms with Crippen LogP contribution in [0.3, 0.4) is 0 Å². The number of hydrazone groups is 1. The van der Waals surface area contributed by atoms with Gasteiger partial charge in [-0.1, -0.05) is 0 Å². The molecule has 0 atom stereocenters. The normalized spacial score (nSPS) is 10.4. The summed E-state index contributed by atoms with van der Waals surface area (Å²) in [6.07, 6.45) is 4.67. The van der Waals surface area contributed by atoms with E-state index in [2.05, 4.69) is 15.5 Å². The Morgan fingerprint density at radius 2 is 2.15 bits per heavy atom. The summed E-state index contributed by atoms with van der Waals surface area (Å²) >= 11 is 0. The van der Waals surface area contributed by atoms with Gasteiger partial charge in [0.25, 0.3) is 5.91 Å². The quantitative estimate of drug-likeness (QED) is 0.669. The van der Waals surface area contributed by atoms with Crippen LogP contribution in [0.4, 0.5) is 0 Å². The van der Waals surface area contributed by atoms with Gasteiger partial charge in [0.05, 0.1) is 18.4 Å². The van der Waals surface area contributed by atoms with Crippen molar-refractivity contribution in [1.29, 1.82) is 0 Å². The van der Waals surface area contributed by atoms with Gasteiger partial charge in [0.15, 0.2) is 0 Å². The second-order valence-corrected chi connectivity index (χ2v) is 3.94. The molecule has 5 nitrogen and oxygen atoms in total. The molecule has 0 unspecified atom stereocenters. The summed E-state index contributed by atoms with van der Waals surface area (Å²) in [5.41, 5.74) is 3.79. The number of benzene rings is 1. The summed E-state index contributed by atoms with van der Waals surface area (Å²) < 4.78 is 5.34. The third-order valence-electron chi connectivity index (χ3n) is 2.49. The lowest BCUT2D eigenvalue weighted by Crippen LogP contribution is -2.17. The largest absolute Gasteiger partial charge is 0.494 e. The number of carbonyl (C=O) groups is 1. The number of carbonyl (C=O) groups excluding carboxylic acids is 1. The van der Waals surface area contributed by atoms with Gasteiger partial charge in [0.2, 0.25) is 0 Å². The molecule has 0 fully saturated rings. The number of nitrogens with one attached hydrogen (secondary N) is 1. The van der Waals surface area contributed by atoms with Crippen LogP contribution in [0.5, 0.6) is 5.75 Å². The number of aromatic nitrogens is 1. The van der Waals surface area contributed by atoms with Crippen molar-refractivity contribution in [2.24, 2.45) is 5.10 Å². The Morgan fingerprint density at radius 3 is 2.80 bits per heavy atom. The zero-order valence-corrected chi connectivity index (χ0v) is 11.1. The second kappa shape index (κ2) is 7.04. The van der Waals surface area contributed by atoms with Crippen LogP contribution in [-0.4, -0.2) is 23.7 Å². The minimum absolute atomic E-state index is 0.291. The Balaban J connectivity index is 1.91. The SMILES string of the molecule is CCOc1ccc(/C=N\NC(=O)c2cccnc2)cc1. The van der Waals surface area contributed by atoms with E-state index < -0.39 is 0 Å². The zero-order valence-electron chi connectivity index (χ0n) is 11.1. The highest BCUT2D eigenvalue weighted by atomic mass is 16.5. The van der Waals surface area contributed by atoms with Crippen molar-refractivity contribution >= 4 is 12.1 Å². The summed E-state index contributed by atoms with van der Waals surface area (Å²) in [5, 5.41) is 3.90. The fourth-order valence-electron chi connectivity index (χ4n) is 1.54. The summed E-state index contributed by atoms with van der Waals surface area (Å²) in [7, 11) is 0. The number of pyridine rings is 1. The molecule has 2 aromatic rings. The molecule has 1 aromatic carbocycles. The van der Waals surface area contributed by atoms with Crippen LogP contribution in [-0.2, 0) is 0 Å². The van der Waals surface area contributed by atoms with Crippen molar-refractivity contribution in [3.05, 3.63) is 59.9 Å². The van der Waals surface area contributed by atoms with E-state index in [1.54, 1.807) is 24.5 Å². The van der Waals surface area contributed by atoms with Crippen LogP contribution in [0.25, 0.3) is 0 Å². The molecule has 102 valence electrons. The van der Waals surface area contributed by atoms with Crippen molar-refractivity contribution in [2.75, 3.05) is 6.61 Å². The highest BCUT2D eigenvalue weighted by Gasteiger charge is 2.02. The first-order chi connectivity index (χ1) is 9.79. The summed E-state index contributed by atoms with van der Waals surface area (Å²) in [5.74, 6) is 0.518. The van der Waals surface area contributed by atoms with E-state index in [4.69, 9.17) is 4.74 Å². The smallest absolute Gasteiger partial charge is 0.272 e. The standard InChI is InChI=1S/C15H15N3O2/c1-2-20-14-7-5-12(6-8-14)10-17-18-15(19)13-4-3-9-16-11-13/h3-11H,2H2,1H3,(H,18,19)/b17-10-. The van der Waals surface area contributed by atoms with Gasteiger partial charge in [-0.2, -0.15) is 5.10 Å². The van der Waals surface area contributed by atoms with E-state index in [1.807, 2.05) is 31.2 Å². The molecule has 0 aliphatic carbocycles. The van der Waals surface area contributed by atoms with Crippen LogP contribution < -0.4 is 10.2 Å². The molecule has 0 spiro atoms. The van der Waals surface area contributed by atoms with Crippen molar-refractivity contribution in [1.82, 2.24) is 10.4 Å². The van der Waals surface area contributed by atoms with Gasteiger partial charge in [0.1, 0.15) is 5.75 Å². The van der Waals surface area contributed by atoms with Crippen LogP contribution in [0.15, 0.2) is 53.9 Å². The fraction of sp³-hybridized carbons (Fsp3) is 0.133. The zero-order chi connectivity index (χ0) is 14.2. The maximum Gasteiger partial charge on any atom is 0.272 e. The van der Waals surface area contributed by atoms with Gasteiger partial charge in [-0.25, -0.2) is 5.43 Å². The van der Waals surface area contributed by atoms with Crippen molar-refractivity contribution in [2.45, 2.75) is 6.92 Å². The predicted molar refractivity (Wildman–Crippen MR) is 76.9 cm³/mol. The predicted octanol–water partition coefficient (Wildman–Crippen LogP) is 2.24. The van der Waals surface area contributed by atoms with Gasteiger partial charge in [-0.05, 0) is 48.9 Å². The summed E-state index contributed by atoms with van der Waals surface area (Å²) in [4.78, 5) is 15.6. The van der Waals surface area contributed by atoms with E-state index in [9.17, 15) is 4.79 Å². The van der Waals surface area contributed by atoms with Gasteiger partial charge < -0.3 is 4.74 Å². The number of hydrogen-bond acceptors (Lipinski definition) is 4. The van der Waals surface area contributed by atoms with Crippen molar-refractivity contribution < 1.29 is 9.53 Å². The molecule has 1 aromatic heterocycles. The Bertz CT molecular complexity index is 580. The Morgan fingerprint density at radius 1 is 1.35 bits per heavy atom. The first-order valence-corrected chi connectivity index (χ1v) is 6.26. The van der Waals surface area contributed by atoms with E-state index in [0.717, 1.165) is 11.3 Å². The van der Waals surface area contributed by atoms with Crippen molar-refractivity contribution in [3.63, 3.8) is 0 Å². The summed E-state index contributed by atoms with van der Waals surface area (Å²) in [6, 6.07) is 10.8. The monoisotopic (exact) mass is 269 g/mol. The van der Waals surface area contributed by atoms with Crippen LogP contribution in [0.2, 0.25) is 0 Å². The van der Waals surface area contributed by atoms with E-state index >= 15 is 0 Å². The van der Waals surface area contributed by atoms with Crippen LogP contribution in [0.1, 0.15) is 22.8 Å². The molecule has 0 bridgehead atoms. The lowest BCUT2D eigenvalue weighted by molar-refractivity contribution is 0.0955. The number of ether oxygens (including phenoxy) is 1. The molecule has 1 N–H and O–H groups in total. The Labute approximate surface area is 117 Å². The molecule has 0 aliphatic rings. The maximum absolute atomic E-state index is 11.7. The molecular weight excluding hydrogens is 254 g/mol. The van der Waals surface area contributed by atoms with Crippen LogP contribution >= 0.6 is 0 Å². The molecule has 1 amide bonds. The summed E-state index contributed by atoms with van der Waals surface area (Å²) in [6.45, 7) is 2.57. The highest BCUT2D eigenvalue weighted by molar-refractivity contribution is 5.94. The van der Waals surface area contributed by atoms with Gasteiger partial charge >= 0.3 is 0 Å². The minimum atomic E-state index is -0.291. The topological polar surface area (TPSA) is 63.6 Å². The minimum Gasteiger partial charge on any atom is -0.494 e. The third-order valence-corrected chi connectivity index (χ3v) is 2.49. The lowest BCUT2D eigenvalue weighted by atomic mass is 10.2. The molecule has 20 heavy (non-hydrogen) atoms. The number of nitrogens with zero attached hydrogens (tertiary/aromatic N) is 2. The molecular formula is C15H15N3O2. The number of rotatable bonds is 5. The Kier molecular flexibility index (Phi) is 4.83. The molecule has 0 saturated carbocycles.